The quantitative estimate of drug-likeness (QED) is 0.597. The van der Waals surface area contributed by atoms with E-state index in [0.29, 0.717) is 18.5 Å². The molecule has 1 heterocycles. The fourth-order valence-electron chi connectivity index (χ4n) is 4.93. The van der Waals surface area contributed by atoms with Gasteiger partial charge >= 0.3 is 12.1 Å². The molecule has 0 unspecified atom stereocenters. The van der Waals surface area contributed by atoms with E-state index >= 15 is 0 Å². The smallest absolute Gasteiger partial charge is 0.407 e. The average Bonchev–Trinajstić information content (AvgIpc) is 3.16. The SMILES string of the molecule is C/C(=C\CNC(=O)OCC1c2ccccc2-c2ccccc21)C(=O)N1CCCC[C@@H]1CC(=O)O. The third-order valence-corrected chi connectivity index (χ3v) is 6.63. The van der Waals surface area contributed by atoms with Gasteiger partial charge in [0.1, 0.15) is 6.61 Å². The van der Waals surface area contributed by atoms with E-state index in [1.165, 1.54) is 11.1 Å². The highest BCUT2D eigenvalue weighted by molar-refractivity contribution is 5.93. The number of aliphatic carboxylic acids is 1. The van der Waals surface area contributed by atoms with E-state index < -0.39 is 12.1 Å². The summed E-state index contributed by atoms with van der Waals surface area (Å²) in [4.78, 5) is 37.9. The summed E-state index contributed by atoms with van der Waals surface area (Å²) in [6.07, 6.45) is 3.55. The second-order valence-corrected chi connectivity index (χ2v) is 8.84. The number of hydrogen-bond donors (Lipinski definition) is 2. The van der Waals surface area contributed by atoms with Crippen LogP contribution < -0.4 is 5.32 Å². The topological polar surface area (TPSA) is 95.9 Å². The molecule has 7 nitrogen and oxygen atoms in total. The van der Waals surface area contributed by atoms with Crippen LogP contribution in [0.15, 0.2) is 60.2 Å². The summed E-state index contributed by atoms with van der Waals surface area (Å²) >= 11 is 0. The van der Waals surface area contributed by atoms with Gasteiger partial charge in [-0.3, -0.25) is 9.59 Å². The van der Waals surface area contributed by atoms with Crippen LogP contribution in [-0.2, 0) is 14.3 Å². The van der Waals surface area contributed by atoms with Gasteiger partial charge in [0.2, 0.25) is 5.91 Å². The summed E-state index contributed by atoms with van der Waals surface area (Å²) < 4.78 is 5.52. The van der Waals surface area contributed by atoms with Crippen LogP contribution in [0.3, 0.4) is 0 Å². The largest absolute Gasteiger partial charge is 0.481 e. The minimum absolute atomic E-state index is 0.0118. The Labute approximate surface area is 199 Å². The van der Waals surface area contributed by atoms with Gasteiger partial charge < -0.3 is 20.1 Å². The average molecular weight is 463 g/mol. The van der Waals surface area contributed by atoms with Gasteiger partial charge in [-0.1, -0.05) is 54.6 Å². The minimum Gasteiger partial charge on any atom is -0.481 e. The van der Waals surface area contributed by atoms with Crippen molar-refractivity contribution in [3.63, 3.8) is 0 Å². The molecule has 7 heteroatoms. The van der Waals surface area contributed by atoms with E-state index in [2.05, 4.69) is 29.6 Å². The molecular formula is C27H30N2O5. The third-order valence-electron chi connectivity index (χ3n) is 6.63. The second-order valence-electron chi connectivity index (χ2n) is 8.84. The molecule has 2 aliphatic rings. The number of fused-ring (bicyclic) bond motifs is 3. The lowest BCUT2D eigenvalue weighted by Gasteiger charge is -2.35. The van der Waals surface area contributed by atoms with Gasteiger partial charge in [0, 0.05) is 30.6 Å². The molecule has 1 fully saturated rings. The summed E-state index contributed by atoms with van der Waals surface area (Å²) in [7, 11) is 0. The van der Waals surface area contributed by atoms with E-state index in [0.717, 1.165) is 24.0 Å². The Hall–Kier alpha value is -3.61. The van der Waals surface area contributed by atoms with Crippen LogP contribution in [0.25, 0.3) is 11.1 Å². The number of piperidine rings is 1. The number of ether oxygens (including phenoxy) is 1. The molecule has 2 aromatic rings. The standard InChI is InChI=1S/C27H30N2O5/c1-18(26(32)29-15-7-6-8-19(29)16-25(30)31)13-14-28-27(33)34-17-24-22-11-4-2-9-20(22)21-10-3-5-12-23(21)24/h2-5,9-13,19,24H,6-8,14-17H2,1H3,(H,28,33)(H,30,31)/b18-13+/t19-/m1/s1. The third kappa shape index (κ3) is 5.14. The summed E-state index contributed by atoms with van der Waals surface area (Å²) in [5.74, 6) is -1.09. The van der Waals surface area contributed by atoms with Crippen molar-refractivity contribution in [3.8, 4) is 11.1 Å². The van der Waals surface area contributed by atoms with Crippen LogP contribution >= 0.6 is 0 Å². The number of nitrogens with one attached hydrogen (secondary N) is 1. The molecule has 2 N–H and O–H groups in total. The Morgan fingerprint density at radius 1 is 1.06 bits per heavy atom. The number of carbonyl (C=O) groups is 3. The van der Waals surface area contributed by atoms with Gasteiger partial charge in [-0.15, -0.1) is 0 Å². The van der Waals surface area contributed by atoms with Gasteiger partial charge in [0.15, 0.2) is 0 Å². The normalized spacial score (nSPS) is 17.6. The number of nitrogens with zero attached hydrogens (tertiary/aromatic N) is 1. The number of carboxylic acid groups (broad SMARTS) is 1. The lowest BCUT2D eigenvalue weighted by atomic mass is 9.98. The highest BCUT2D eigenvalue weighted by Crippen LogP contribution is 2.44. The van der Waals surface area contributed by atoms with E-state index in [1.807, 2.05) is 24.3 Å². The van der Waals surface area contributed by atoms with Crippen LogP contribution in [0.4, 0.5) is 4.79 Å². The molecule has 1 aliphatic heterocycles. The predicted octanol–water partition coefficient (Wildman–Crippen LogP) is 4.33. The molecule has 4 rings (SSSR count). The first-order valence-electron chi connectivity index (χ1n) is 11.7. The molecule has 0 spiro atoms. The number of carbonyl (C=O) groups excluding carboxylic acids is 2. The predicted molar refractivity (Wildman–Crippen MR) is 128 cm³/mol. The molecule has 0 radical (unpaired) electrons. The minimum atomic E-state index is -0.900. The lowest BCUT2D eigenvalue weighted by Crippen LogP contribution is -2.45. The number of hydrogen-bond acceptors (Lipinski definition) is 4. The molecular weight excluding hydrogens is 432 g/mol. The van der Waals surface area contributed by atoms with Gasteiger partial charge in [-0.25, -0.2) is 4.79 Å². The Balaban J connectivity index is 1.30. The maximum Gasteiger partial charge on any atom is 0.407 e. The molecule has 1 aliphatic carbocycles. The summed E-state index contributed by atoms with van der Waals surface area (Å²) in [5.41, 5.74) is 5.12. The highest BCUT2D eigenvalue weighted by atomic mass is 16.5. The molecule has 178 valence electrons. The molecule has 0 saturated carbocycles. The van der Waals surface area contributed by atoms with E-state index in [4.69, 9.17) is 9.84 Å². The van der Waals surface area contributed by atoms with Crippen LogP contribution in [0.1, 0.15) is 49.7 Å². The molecule has 1 atom stereocenters. The van der Waals surface area contributed by atoms with Crippen molar-refractivity contribution in [2.45, 2.75) is 44.6 Å². The highest BCUT2D eigenvalue weighted by Gasteiger charge is 2.30. The van der Waals surface area contributed by atoms with Crippen molar-refractivity contribution < 1.29 is 24.2 Å². The van der Waals surface area contributed by atoms with E-state index in [9.17, 15) is 14.4 Å². The van der Waals surface area contributed by atoms with Crippen LogP contribution in [0.2, 0.25) is 0 Å². The molecule has 0 bridgehead atoms. The Morgan fingerprint density at radius 2 is 1.71 bits per heavy atom. The van der Waals surface area contributed by atoms with Crippen molar-refractivity contribution in [2.24, 2.45) is 0 Å². The fraction of sp³-hybridized carbons (Fsp3) is 0.370. The van der Waals surface area contributed by atoms with E-state index in [-0.39, 0.29) is 37.4 Å². The van der Waals surface area contributed by atoms with Crippen molar-refractivity contribution in [1.82, 2.24) is 10.2 Å². The van der Waals surface area contributed by atoms with Gasteiger partial charge in [0.05, 0.1) is 6.42 Å². The molecule has 0 aromatic heterocycles. The first kappa shape index (κ1) is 23.5. The zero-order valence-corrected chi connectivity index (χ0v) is 19.3. The second kappa shape index (κ2) is 10.5. The van der Waals surface area contributed by atoms with Crippen LogP contribution in [-0.4, -0.2) is 53.7 Å². The summed E-state index contributed by atoms with van der Waals surface area (Å²) in [5, 5.41) is 11.8. The van der Waals surface area contributed by atoms with Gasteiger partial charge in [-0.2, -0.15) is 0 Å². The number of likely N-dealkylation sites (tertiary alicyclic amines) is 1. The van der Waals surface area contributed by atoms with Crippen molar-refractivity contribution in [1.29, 1.82) is 0 Å². The zero-order valence-electron chi connectivity index (χ0n) is 19.3. The fourth-order valence-corrected chi connectivity index (χ4v) is 4.93. The monoisotopic (exact) mass is 462 g/mol. The van der Waals surface area contributed by atoms with Crippen LogP contribution in [0.5, 0.6) is 0 Å². The van der Waals surface area contributed by atoms with Gasteiger partial charge in [-0.05, 0) is 48.4 Å². The van der Waals surface area contributed by atoms with Crippen LogP contribution in [0, 0.1) is 0 Å². The van der Waals surface area contributed by atoms with E-state index in [1.54, 1.807) is 17.9 Å². The molecule has 34 heavy (non-hydrogen) atoms. The Bertz CT molecular complexity index is 1060. The lowest BCUT2D eigenvalue weighted by molar-refractivity contribution is -0.140. The molecule has 1 saturated heterocycles. The summed E-state index contributed by atoms with van der Waals surface area (Å²) in [6.45, 7) is 2.63. The van der Waals surface area contributed by atoms with Crippen molar-refractivity contribution in [2.75, 3.05) is 19.7 Å². The maximum atomic E-state index is 12.8. The van der Waals surface area contributed by atoms with Gasteiger partial charge in [0.25, 0.3) is 0 Å². The molecule has 2 aromatic carbocycles. The number of alkyl carbamates (subject to hydrolysis) is 1. The number of amides is 2. The number of carboxylic acids is 1. The first-order chi connectivity index (χ1) is 16.5. The molecule has 2 amide bonds. The van der Waals surface area contributed by atoms with Crippen molar-refractivity contribution >= 4 is 18.0 Å². The number of benzene rings is 2. The summed E-state index contributed by atoms with van der Waals surface area (Å²) in [6, 6.07) is 16.0. The Morgan fingerprint density at radius 3 is 2.35 bits per heavy atom. The number of rotatable bonds is 7. The first-order valence-corrected chi connectivity index (χ1v) is 11.7. The maximum absolute atomic E-state index is 12.8. The van der Waals surface area contributed by atoms with Crippen molar-refractivity contribution in [3.05, 3.63) is 71.3 Å². The Kier molecular flexibility index (Phi) is 7.30. The zero-order chi connectivity index (χ0) is 24.1.